The Morgan fingerprint density at radius 1 is 1.60 bits per heavy atom. The van der Waals surface area contributed by atoms with Crippen molar-refractivity contribution in [2.24, 2.45) is 0 Å². The van der Waals surface area contributed by atoms with E-state index in [0.717, 1.165) is 5.75 Å². The minimum Gasteiger partial charge on any atom is -0.479 e. The van der Waals surface area contributed by atoms with Gasteiger partial charge in [-0.2, -0.15) is 11.8 Å². The van der Waals surface area contributed by atoms with Crippen molar-refractivity contribution >= 4 is 23.6 Å². The van der Waals surface area contributed by atoms with E-state index >= 15 is 0 Å². The number of carboxylic acids is 1. The van der Waals surface area contributed by atoms with E-state index in [1.54, 1.807) is 11.8 Å². The maximum Gasteiger partial charge on any atom is 0.330 e. The van der Waals surface area contributed by atoms with Gasteiger partial charge in [-0.15, -0.1) is 0 Å². The second kappa shape index (κ2) is 5.37. The first-order chi connectivity index (χ1) is 7.10. The Kier molecular flexibility index (Phi) is 4.41. The zero-order valence-corrected chi connectivity index (χ0v) is 9.43. The van der Waals surface area contributed by atoms with Gasteiger partial charge < -0.3 is 15.2 Å². The van der Waals surface area contributed by atoms with Crippen LogP contribution in [0.2, 0.25) is 0 Å². The van der Waals surface area contributed by atoms with Crippen LogP contribution in [0, 0.1) is 0 Å². The van der Waals surface area contributed by atoms with Gasteiger partial charge in [0.25, 0.3) is 0 Å². The number of carboxylic acid groups (broad SMARTS) is 1. The molecule has 0 saturated carbocycles. The number of carbonyl (C=O) groups is 2. The standard InChI is InChI=1S/C9H15NO4S/c1-14-4-2-7(11)10-9(8(12)13)3-5-15-6-9/h2-6H2,1H3,(H,10,11)(H,12,13). The largest absolute Gasteiger partial charge is 0.479 e. The molecule has 1 heterocycles. The van der Waals surface area contributed by atoms with Gasteiger partial charge in [-0.05, 0) is 12.2 Å². The third-order valence-electron chi connectivity index (χ3n) is 2.34. The normalized spacial score (nSPS) is 25.1. The van der Waals surface area contributed by atoms with Crippen molar-refractivity contribution in [3.8, 4) is 0 Å². The van der Waals surface area contributed by atoms with Crippen LogP contribution < -0.4 is 5.32 Å². The number of methoxy groups -OCH3 is 1. The number of amides is 1. The lowest BCUT2D eigenvalue weighted by Crippen LogP contribution is -2.54. The lowest BCUT2D eigenvalue weighted by atomic mass is 9.99. The summed E-state index contributed by atoms with van der Waals surface area (Å²) in [5, 5.41) is 11.7. The first-order valence-corrected chi connectivity index (χ1v) is 5.87. The Morgan fingerprint density at radius 2 is 2.33 bits per heavy atom. The number of thioether (sulfide) groups is 1. The summed E-state index contributed by atoms with van der Waals surface area (Å²) in [6, 6.07) is 0. The highest BCUT2D eigenvalue weighted by Crippen LogP contribution is 2.28. The molecule has 1 saturated heterocycles. The molecule has 1 aliphatic rings. The van der Waals surface area contributed by atoms with Crippen LogP contribution in [0.1, 0.15) is 12.8 Å². The summed E-state index contributed by atoms with van der Waals surface area (Å²) in [5.41, 5.74) is -1.06. The average molecular weight is 233 g/mol. The topological polar surface area (TPSA) is 75.6 Å². The summed E-state index contributed by atoms with van der Waals surface area (Å²) >= 11 is 1.55. The van der Waals surface area contributed by atoms with Gasteiger partial charge in [0.2, 0.25) is 5.91 Å². The number of rotatable bonds is 5. The van der Waals surface area contributed by atoms with Crippen molar-refractivity contribution < 1.29 is 19.4 Å². The van der Waals surface area contributed by atoms with Crippen LogP contribution in [0.15, 0.2) is 0 Å². The van der Waals surface area contributed by atoms with Crippen LogP contribution in [0.4, 0.5) is 0 Å². The molecule has 86 valence electrons. The Morgan fingerprint density at radius 3 is 2.80 bits per heavy atom. The van der Waals surface area contributed by atoms with Gasteiger partial charge in [-0.1, -0.05) is 0 Å². The highest BCUT2D eigenvalue weighted by atomic mass is 32.2. The van der Waals surface area contributed by atoms with Crippen molar-refractivity contribution in [3.05, 3.63) is 0 Å². The molecule has 15 heavy (non-hydrogen) atoms. The zero-order valence-electron chi connectivity index (χ0n) is 8.62. The lowest BCUT2D eigenvalue weighted by molar-refractivity contribution is -0.146. The van der Waals surface area contributed by atoms with Crippen LogP contribution in [-0.4, -0.2) is 47.7 Å². The molecule has 0 radical (unpaired) electrons. The van der Waals surface area contributed by atoms with E-state index < -0.39 is 11.5 Å². The highest BCUT2D eigenvalue weighted by molar-refractivity contribution is 7.99. The number of hydrogen-bond donors (Lipinski definition) is 2. The van der Waals surface area contributed by atoms with E-state index in [-0.39, 0.29) is 12.3 Å². The number of aliphatic carboxylic acids is 1. The third-order valence-corrected chi connectivity index (χ3v) is 3.53. The second-order valence-electron chi connectivity index (χ2n) is 3.48. The Labute approximate surface area is 92.6 Å². The van der Waals surface area contributed by atoms with Gasteiger partial charge >= 0.3 is 5.97 Å². The van der Waals surface area contributed by atoms with E-state index in [1.165, 1.54) is 7.11 Å². The third kappa shape index (κ3) is 3.10. The minimum absolute atomic E-state index is 0.205. The fraction of sp³-hybridized carbons (Fsp3) is 0.778. The molecule has 5 nitrogen and oxygen atoms in total. The SMILES string of the molecule is COCCC(=O)NC1(C(=O)O)CCSC1. The molecule has 1 unspecified atom stereocenters. The Bertz CT molecular complexity index is 250. The molecule has 0 aromatic carbocycles. The number of nitrogens with one attached hydrogen (secondary N) is 1. The molecule has 1 rings (SSSR count). The van der Waals surface area contributed by atoms with Gasteiger partial charge in [-0.3, -0.25) is 4.79 Å². The molecule has 1 atom stereocenters. The average Bonchev–Trinajstić information content (AvgIpc) is 2.64. The first-order valence-electron chi connectivity index (χ1n) is 4.72. The van der Waals surface area contributed by atoms with Gasteiger partial charge in [0.1, 0.15) is 5.54 Å². The van der Waals surface area contributed by atoms with Crippen LogP contribution in [0.5, 0.6) is 0 Å². The molecule has 0 aromatic heterocycles. The molecule has 1 fully saturated rings. The van der Waals surface area contributed by atoms with E-state index in [9.17, 15) is 9.59 Å². The maximum atomic E-state index is 11.4. The summed E-state index contributed by atoms with van der Waals surface area (Å²) < 4.78 is 4.76. The van der Waals surface area contributed by atoms with Gasteiger partial charge in [0.15, 0.2) is 0 Å². The smallest absolute Gasteiger partial charge is 0.330 e. The van der Waals surface area contributed by atoms with E-state index in [4.69, 9.17) is 9.84 Å². The Balaban J connectivity index is 2.52. The monoisotopic (exact) mass is 233 g/mol. The van der Waals surface area contributed by atoms with Gasteiger partial charge in [-0.25, -0.2) is 4.79 Å². The number of ether oxygens (including phenoxy) is 1. The minimum atomic E-state index is -1.06. The van der Waals surface area contributed by atoms with E-state index in [0.29, 0.717) is 18.8 Å². The fourth-order valence-electron chi connectivity index (χ4n) is 1.41. The summed E-state index contributed by atoms with van der Waals surface area (Å²) in [4.78, 5) is 22.5. The number of carbonyl (C=O) groups excluding carboxylic acids is 1. The molecule has 0 aromatic rings. The first kappa shape index (κ1) is 12.3. The van der Waals surface area contributed by atoms with Gasteiger partial charge in [0.05, 0.1) is 6.61 Å². The van der Waals surface area contributed by atoms with Crippen molar-refractivity contribution in [1.29, 1.82) is 0 Å². The summed E-state index contributed by atoms with van der Waals surface area (Å²) in [6.07, 6.45) is 0.696. The molecule has 0 bridgehead atoms. The lowest BCUT2D eigenvalue weighted by Gasteiger charge is -2.24. The Hall–Kier alpha value is -0.750. The number of hydrogen-bond acceptors (Lipinski definition) is 4. The van der Waals surface area contributed by atoms with Crippen LogP contribution in [0.25, 0.3) is 0 Å². The van der Waals surface area contributed by atoms with Gasteiger partial charge in [0, 0.05) is 19.3 Å². The van der Waals surface area contributed by atoms with Crippen molar-refractivity contribution in [3.63, 3.8) is 0 Å². The molecule has 1 aliphatic heterocycles. The molecule has 2 N–H and O–H groups in total. The molecule has 0 aliphatic carbocycles. The summed E-state index contributed by atoms with van der Waals surface area (Å²) in [6.45, 7) is 0.314. The zero-order chi connectivity index (χ0) is 11.3. The fourth-order valence-corrected chi connectivity index (χ4v) is 2.74. The second-order valence-corrected chi connectivity index (χ2v) is 4.59. The van der Waals surface area contributed by atoms with Crippen molar-refractivity contribution in [2.45, 2.75) is 18.4 Å². The van der Waals surface area contributed by atoms with Crippen LogP contribution >= 0.6 is 11.8 Å². The summed E-state index contributed by atoms with van der Waals surface area (Å²) in [7, 11) is 1.51. The molecule has 1 amide bonds. The van der Waals surface area contributed by atoms with E-state index in [2.05, 4.69) is 5.32 Å². The molecule has 0 spiro atoms. The maximum absolute atomic E-state index is 11.4. The quantitative estimate of drug-likeness (QED) is 0.704. The van der Waals surface area contributed by atoms with Crippen LogP contribution in [0.3, 0.4) is 0 Å². The molecule has 6 heteroatoms. The van der Waals surface area contributed by atoms with Crippen molar-refractivity contribution in [2.75, 3.05) is 25.2 Å². The predicted octanol–water partition coefficient (Wildman–Crippen LogP) is 0.0994. The highest BCUT2D eigenvalue weighted by Gasteiger charge is 2.42. The van der Waals surface area contributed by atoms with E-state index in [1.807, 2.05) is 0 Å². The molecular formula is C9H15NO4S. The van der Waals surface area contributed by atoms with Crippen LogP contribution in [-0.2, 0) is 14.3 Å². The summed E-state index contributed by atoms with van der Waals surface area (Å²) in [5.74, 6) is 0.0118. The molecular weight excluding hydrogens is 218 g/mol. The predicted molar refractivity (Wildman–Crippen MR) is 56.9 cm³/mol. The van der Waals surface area contributed by atoms with Crippen molar-refractivity contribution in [1.82, 2.24) is 5.32 Å².